The van der Waals surface area contributed by atoms with Gasteiger partial charge in [-0.15, -0.1) is 11.3 Å². The number of aromatic nitrogens is 2. The fourth-order valence-corrected chi connectivity index (χ4v) is 3.81. The minimum absolute atomic E-state index is 0.0269. The molecule has 1 aromatic carbocycles. The fourth-order valence-electron chi connectivity index (χ4n) is 2.61. The van der Waals surface area contributed by atoms with Crippen molar-refractivity contribution in [3.8, 4) is 11.3 Å². The van der Waals surface area contributed by atoms with Gasteiger partial charge in [0.25, 0.3) is 0 Å². The van der Waals surface area contributed by atoms with Gasteiger partial charge in [0.2, 0.25) is 0 Å². The summed E-state index contributed by atoms with van der Waals surface area (Å²) in [5, 5.41) is 9.15. The SMILES string of the molecule is CCc1nc2sc(CC(=O)O)c(-c3ccccc3)n2c1C. The Bertz CT molecular complexity index is 803. The lowest BCUT2D eigenvalue weighted by Gasteiger charge is -2.05. The Morgan fingerprint density at radius 3 is 2.67 bits per heavy atom. The summed E-state index contributed by atoms with van der Waals surface area (Å²) < 4.78 is 2.09. The predicted octanol–water partition coefficient (Wildman–Crippen LogP) is 3.56. The third-order valence-corrected chi connectivity index (χ3v) is 4.61. The summed E-state index contributed by atoms with van der Waals surface area (Å²) in [4.78, 5) is 17.5. The Labute approximate surface area is 126 Å². The van der Waals surface area contributed by atoms with E-state index in [4.69, 9.17) is 5.11 Å². The molecule has 0 spiro atoms. The molecule has 0 amide bonds. The quantitative estimate of drug-likeness (QED) is 0.801. The molecule has 0 bridgehead atoms. The molecule has 0 saturated heterocycles. The minimum Gasteiger partial charge on any atom is -0.481 e. The number of hydrogen-bond acceptors (Lipinski definition) is 3. The molecule has 2 aromatic heterocycles. The predicted molar refractivity (Wildman–Crippen MR) is 84.0 cm³/mol. The minimum atomic E-state index is -0.815. The van der Waals surface area contributed by atoms with Crippen molar-refractivity contribution in [1.29, 1.82) is 0 Å². The number of imidazole rings is 1. The molecule has 5 heteroatoms. The molecule has 0 radical (unpaired) electrons. The summed E-state index contributed by atoms with van der Waals surface area (Å²) >= 11 is 1.47. The lowest BCUT2D eigenvalue weighted by atomic mass is 10.1. The van der Waals surface area contributed by atoms with Gasteiger partial charge in [0.05, 0.1) is 17.8 Å². The lowest BCUT2D eigenvalue weighted by molar-refractivity contribution is -0.136. The van der Waals surface area contributed by atoms with E-state index >= 15 is 0 Å². The van der Waals surface area contributed by atoms with Gasteiger partial charge in [-0.1, -0.05) is 37.3 Å². The molecule has 3 aromatic rings. The number of carboxylic acids is 1. The number of benzene rings is 1. The molecule has 4 nitrogen and oxygen atoms in total. The van der Waals surface area contributed by atoms with Crippen LogP contribution in [0.5, 0.6) is 0 Å². The topological polar surface area (TPSA) is 54.6 Å². The van der Waals surface area contributed by atoms with Crippen LogP contribution in [0.3, 0.4) is 0 Å². The Hall–Kier alpha value is -2.14. The molecule has 21 heavy (non-hydrogen) atoms. The maximum atomic E-state index is 11.1. The molecule has 1 N–H and O–H groups in total. The number of nitrogens with zero attached hydrogens (tertiary/aromatic N) is 2. The molecule has 0 aliphatic rings. The van der Waals surface area contributed by atoms with Gasteiger partial charge in [0.1, 0.15) is 0 Å². The van der Waals surface area contributed by atoms with E-state index in [1.165, 1.54) is 11.3 Å². The van der Waals surface area contributed by atoms with Gasteiger partial charge in [-0.3, -0.25) is 9.20 Å². The van der Waals surface area contributed by atoms with Crippen LogP contribution >= 0.6 is 11.3 Å². The summed E-state index contributed by atoms with van der Waals surface area (Å²) in [5.74, 6) is -0.815. The van der Waals surface area contributed by atoms with E-state index in [0.29, 0.717) is 0 Å². The smallest absolute Gasteiger partial charge is 0.308 e. The van der Waals surface area contributed by atoms with E-state index in [1.54, 1.807) is 0 Å². The molecular formula is C16H16N2O2S. The van der Waals surface area contributed by atoms with Crippen LogP contribution in [0, 0.1) is 6.92 Å². The second-order valence-corrected chi connectivity index (χ2v) is 5.99. The first-order valence-corrected chi connectivity index (χ1v) is 7.70. The van der Waals surface area contributed by atoms with Crippen LogP contribution in [0.25, 0.3) is 16.2 Å². The van der Waals surface area contributed by atoms with Crippen LogP contribution in [0.1, 0.15) is 23.2 Å². The van der Waals surface area contributed by atoms with Crippen LogP contribution < -0.4 is 0 Å². The van der Waals surface area contributed by atoms with Crippen molar-refractivity contribution in [3.05, 3.63) is 46.6 Å². The first-order valence-electron chi connectivity index (χ1n) is 6.88. The Morgan fingerprint density at radius 2 is 2.05 bits per heavy atom. The van der Waals surface area contributed by atoms with Gasteiger partial charge in [-0.05, 0) is 18.9 Å². The number of fused-ring (bicyclic) bond motifs is 1. The van der Waals surface area contributed by atoms with Gasteiger partial charge in [-0.25, -0.2) is 4.98 Å². The molecule has 3 rings (SSSR count). The zero-order chi connectivity index (χ0) is 15.0. The van der Waals surface area contributed by atoms with Gasteiger partial charge in [0.15, 0.2) is 4.96 Å². The van der Waals surface area contributed by atoms with Crippen LogP contribution in [-0.4, -0.2) is 20.5 Å². The maximum Gasteiger partial charge on any atom is 0.308 e. The van der Waals surface area contributed by atoms with E-state index in [9.17, 15) is 4.79 Å². The molecule has 0 aliphatic carbocycles. The highest BCUT2D eigenvalue weighted by Crippen LogP contribution is 2.34. The molecule has 108 valence electrons. The van der Waals surface area contributed by atoms with E-state index in [1.807, 2.05) is 37.3 Å². The highest BCUT2D eigenvalue weighted by atomic mass is 32.1. The fraction of sp³-hybridized carbons (Fsp3) is 0.250. The number of hydrogen-bond donors (Lipinski definition) is 1. The van der Waals surface area contributed by atoms with Crippen molar-refractivity contribution in [2.45, 2.75) is 26.7 Å². The summed E-state index contributed by atoms with van der Waals surface area (Å²) in [7, 11) is 0. The summed E-state index contributed by atoms with van der Waals surface area (Å²) in [6.45, 7) is 4.13. The average Bonchev–Trinajstić information content (AvgIpc) is 2.96. The zero-order valence-corrected chi connectivity index (χ0v) is 12.8. The maximum absolute atomic E-state index is 11.1. The van der Waals surface area contributed by atoms with Crippen molar-refractivity contribution < 1.29 is 9.90 Å². The van der Waals surface area contributed by atoms with Gasteiger partial charge in [0, 0.05) is 10.6 Å². The van der Waals surface area contributed by atoms with Crippen LogP contribution in [0.2, 0.25) is 0 Å². The Morgan fingerprint density at radius 1 is 1.33 bits per heavy atom. The third-order valence-electron chi connectivity index (χ3n) is 3.57. The third kappa shape index (κ3) is 2.34. The monoisotopic (exact) mass is 300 g/mol. The Kier molecular flexibility index (Phi) is 3.51. The summed E-state index contributed by atoms with van der Waals surface area (Å²) in [5.41, 5.74) is 4.16. The van der Waals surface area contributed by atoms with Crippen LogP contribution in [0.15, 0.2) is 30.3 Å². The molecule has 0 fully saturated rings. The summed E-state index contributed by atoms with van der Waals surface area (Å²) in [6, 6.07) is 9.92. The average molecular weight is 300 g/mol. The van der Waals surface area contributed by atoms with Crippen molar-refractivity contribution in [2.24, 2.45) is 0 Å². The molecular weight excluding hydrogens is 284 g/mol. The number of carbonyl (C=O) groups is 1. The van der Waals surface area contributed by atoms with Crippen molar-refractivity contribution in [3.63, 3.8) is 0 Å². The number of thiazole rings is 1. The summed E-state index contributed by atoms with van der Waals surface area (Å²) in [6.07, 6.45) is 0.905. The standard InChI is InChI=1S/C16H16N2O2S/c1-3-12-10(2)18-15(11-7-5-4-6-8-11)13(9-14(19)20)21-16(18)17-12/h4-8H,3,9H2,1-2H3,(H,19,20). The van der Waals surface area contributed by atoms with E-state index in [-0.39, 0.29) is 6.42 Å². The van der Waals surface area contributed by atoms with Crippen LogP contribution in [0.4, 0.5) is 0 Å². The van der Waals surface area contributed by atoms with E-state index in [0.717, 1.165) is 38.9 Å². The number of aliphatic carboxylic acids is 1. The molecule has 0 saturated carbocycles. The van der Waals surface area contributed by atoms with E-state index in [2.05, 4.69) is 16.3 Å². The van der Waals surface area contributed by atoms with Gasteiger partial charge >= 0.3 is 5.97 Å². The number of rotatable bonds is 4. The normalized spacial score (nSPS) is 11.1. The number of aryl methyl sites for hydroxylation is 2. The highest BCUT2D eigenvalue weighted by Gasteiger charge is 2.20. The molecule has 2 heterocycles. The van der Waals surface area contributed by atoms with Crippen molar-refractivity contribution in [1.82, 2.24) is 9.38 Å². The van der Waals surface area contributed by atoms with Crippen molar-refractivity contribution in [2.75, 3.05) is 0 Å². The van der Waals surface area contributed by atoms with E-state index < -0.39 is 5.97 Å². The second kappa shape index (κ2) is 5.33. The largest absolute Gasteiger partial charge is 0.481 e. The Balaban J connectivity index is 2.30. The van der Waals surface area contributed by atoms with Gasteiger partial charge in [-0.2, -0.15) is 0 Å². The van der Waals surface area contributed by atoms with Crippen LogP contribution in [-0.2, 0) is 17.6 Å². The van der Waals surface area contributed by atoms with Crippen molar-refractivity contribution >= 4 is 22.3 Å². The first kappa shape index (κ1) is 13.8. The highest BCUT2D eigenvalue weighted by molar-refractivity contribution is 7.17. The number of carboxylic acid groups (broad SMARTS) is 1. The molecule has 0 aliphatic heterocycles. The lowest BCUT2D eigenvalue weighted by Crippen LogP contribution is -2.01. The van der Waals surface area contributed by atoms with Gasteiger partial charge < -0.3 is 5.11 Å². The molecule has 0 atom stereocenters. The zero-order valence-electron chi connectivity index (χ0n) is 12.0. The first-order chi connectivity index (χ1) is 10.1. The molecule has 0 unspecified atom stereocenters. The second-order valence-electron chi connectivity index (χ2n) is 4.93.